The fraction of sp³-hybridized carbons (Fsp3) is 0.444. The van der Waals surface area contributed by atoms with Crippen LogP contribution in [0.25, 0.3) is 0 Å². The Morgan fingerprint density at radius 2 is 2.04 bits per heavy atom. The molecule has 2 heterocycles. The van der Waals surface area contributed by atoms with Crippen LogP contribution in [0.3, 0.4) is 0 Å². The summed E-state index contributed by atoms with van der Waals surface area (Å²) in [4.78, 5) is 26.4. The van der Waals surface area contributed by atoms with Crippen LogP contribution in [-0.2, 0) is 22.4 Å². The van der Waals surface area contributed by atoms with Gasteiger partial charge in [-0.25, -0.2) is 0 Å². The Balaban J connectivity index is 1.63. The van der Waals surface area contributed by atoms with Crippen LogP contribution in [0.1, 0.15) is 37.3 Å². The van der Waals surface area contributed by atoms with E-state index in [1.165, 1.54) is 16.9 Å². The van der Waals surface area contributed by atoms with Gasteiger partial charge in [-0.15, -0.1) is 10.2 Å². The molecule has 2 amide bonds. The van der Waals surface area contributed by atoms with Gasteiger partial charge in [-0.3, -0.25) is 9.59 Å². The summed E-state index contributed by atoms with van der Waals surface area (Å²) in [5, 5.41) is 12.3. The SMILES string of the molecule is CCCc1nnc(NC(=O)[C@@H]2CC(=O)N(c3ccc(CC)cc3)C2)s1. The molecule has 1 atom stereocenters. The number of hydrogen-bond donors (Lipinski definition) is 1. The maximum absolute atomic E-state index is 12.5. The van der Waals surface area contributed by atoms with E-state index in [4.69, 9.17) is 0 Å². The first kappa shape index (κ1) is 17.5. The van der Waals surface area contributed by atoms with E-state index in [0.717, 1.165) is 30.0 Å². The van der Waals surface area contributed by atoms with Gasteiger partial charge >= 0.3 is 0 Å². The number of amides is 2. The molecule has 0 spiro atoms. The van der Waals surface area contributed by atoms with Crippen molar-refractivity contribution in [3.8, 4) is 0 Å². The Hall–Kier alpha value is -2.28. The van der Waals surface area contributed by atoms with E-state index in [1.807, 2.05) is 24.3 Å². The highest BCUT2D eigenvalue weighted by Gasteiger charge is 2.35. The summed E-state index contributed by atoms with van der Waals surface area (Å²) >= 11 is 1.39. The molecule has 1 aromatic carbocycles. The molecule has 0 unspecified atom stereocenters. The van der Waals surface area contributed by atoms with Crippen molar-refractivity contribution in [1.29, 1.82) is 0 Å². The van der Waals surface area contributed by atoms with Gasteiger partial charge in [-0.1, -0.05) is 37.3 Å². The lowest BCUT2D eigenvalue weighted by molar-refractivity contribution is -0.122. The van der Waals surface area contributed by atoms with E-state index in [9.17, 15) is 9.59 Å². The second-order valence-corrected chi connectivity index (χ2v) is 7.23. The molecule has 1 saturated heterocycles. The van der Waals surface area contributed by atoms with E-state index >= 15 is 0 Å². The third kappa shape index (κ3) is 4.04. The summed E-state index contributed by atoms with van der Waals surface area (Å²) in [6, 6.07) is 7.93. The fourth-order valence-corrected chi connectivity index (χ4v) is 3.72. The van der Waals surface area contributed by atoms with Gasteiger partial charge < -0.3 is 10.2 Å². The van der Waals surface area contributed by atoms with Gasteiger partial charge in [0.25, 0.3) is 0 Å². The van der Waals surface area contributed by atoms with Gasteiger partial charge in [-0.2, -0.15) is 0 Å². The lowest BCUT2D eigenvalue weighted by Crippen LogP contribution is -2.28. The second kappa shape index (κ2) is 7.74. The molecule has 1 aliphatic heterocycles. The molecule has 0 bridgehead atoms. The summed E-state index contributed by atoms with van der Waals surface area (Å²) in [5.41, 5.74) is 2.07. The molecule has 3 rings (SSSR count). The minimum atomic E-state index is -0.364. The normalized spacial score (nSPS) is 17.1. The average molecular weight is 358 g/mol. The van der Waals surface area contributed by atoms with Crippen molar-refractivity contribution in [1.82, 2.24) is 10.2 Å². The predicted molar refractivity (Wildman–Crippen MR) is 98.8 cm³/mol. The first-order chi connectivity index (χ1) is 12.1. The van der Waals surface area contributed by atoms with E-state index in [0.29, 0.717) is 11.7 Å². The largest absolute Gasteiger partial charge is 0.312 e. The molecule has 7 heteroatoms. The van der Waals surface area contributed by atoms with E-state index in [2.05, 4.69) is 29.4 Å². The van der Waals surface area contributed by atoms with E-state index < -0.39 is 0 Å². The van der Waals surface area contributed by atoms with Gasteiger partial charge in [-0.05, 0) is 30.5 Å². The van der Waals surface area contributed by atoms with Crippen LogP contribution in [0, 0.1) is 5.92 Å². The zero-order valence-corrected chi connectivity index (χ0v) is 15.3. The lowest BCUT2D eigenvalue weighted by Gasteiger charge is -2.16. The third-order valence-electron chi connectivity index (χ3n) is 4.31. The Bertz CT molecular complexity index is 757. The summed E-state index contributed by atoms with van der Waals surface area (Å²) in [7, 11) is 0. The fourth-order valence-electron chi connectivity index (χ4n) is 2.87. The number of rotatable bonds is 6. The molecule has 25 heavy (non-hydrogen) atoms. The lowest BCUT2D eigenvalue weighted by atomic mass is 10.1. The van der Waals surface area contributed by atoms with Crippen LogP contribution in [-0.4, -0.2) is 28.6 Å². The molecule has 0 aliphatic carbocycles. The monoisotopic (exact) mass is 358 g/mol. The molecule has 6 nitrogen and oxygen atoms in total. The van der Waals surface area contributed by atoms with Crippen LogP contribution in [0.5, 0.6) is 0 Å². The molecule has 0 saturated carbocycles. The Labute approximate surface area is 151 Å². The topological polar surface area (TPSA) is 75.2 Å². The maximum Gasteiger partial charge on any atom is 0.231 e. The standard InChI is InChI=1S/C18H22N4O2S/c1-3-5-15-20-21-18(25-15)19-17(24)13-10-16(23)22(11-13)14-8-6-12(4-2)7-9-14/h6-9,13H,3-5,10-11H2,1-2H3,(H,19,21,24)/t13-/m1/s1. The Morgan fingerprint density at radius 3 is 2.72 bits per heavy atom. The molecule has 0 radical (unpaired) electrons. The van der Waals surface area contributed by atoms with Gasteiger partial charge in [0.2, 0.25) is 16.9 Å². The van der Waals surface area contributed by atoms with Crippen molar-refractivity contribution in [3.63, 3.8) is 0 Å². The van der Waals surface area contributed by atoms with Gasteiger partial charge in [0, 0.05) is 25.1 Å². The predicted octanol–water partition coefficient (Wildman–Crippen LogP) is 3.04. The number of nitrogens with zero attached hydrogens (tertiary/aromatic N) is 3. The maximum atomic E-state index is 12.5. The number of aryl methyl sites for hydroxylation is 2. The minimum absolute atomic E-state index is 0.0201. The van der Waals surface area contributed by atoms with E-state index in [1.54, 1.807) is 4.90 Å². The summed E-state index contributed by atoms with van der Waals surface area (Å²) in [6.07, 6.45) is 3.03. The zero-order chi connectivity index (χ0) is 17.8. The Morgan fingerprint density at radius 1 is 1.28 bits per heavy atom. The van der Waals surface area contributed by atoms with Crippen LogP contribution in [0.4, 0.5) is 10.8 Å². The average Bonchev–Trinajstić information content (AvgIpc) is 3.22. The van der Waals surface area contributed by atoms with Crippen LogP contribution >= 0.6 is 11.3 Å². The quantitative estimate of drug-likeness (QED) is 0.861. The van der Waals surface area contributed by atoms with Crippen molar-refractivity contribution in [3.05, 3.63) is 34.8 Å². The molecule has 2 aromatic rings. The van der Waals surface area contributed by atoms with Crippen molar-refractivity contribution in [2.75, 3.05) is 16.8 Å². The molecule has 1 aliphatic rings. The van der Waals surface area contributed by atoms with Gasteiger partial charge in [0.05, 0.1) is 5.92 Å². The summed E-state index contributed by atoms with van der Waals surface area (Å²) < 4.78 is 0. The van der Waals surface area contributed by atoms with Crippen molar-refractivity contribution >= 4 is 34.0 Å². The molecule has 1 N–H and O–H groups in total. The number of anilines is 2. The number of benzene rings is 1. The number of carbonyl (C=O) groups excluding carboxylic acids is 2. The first-order valence-corrected chi connectivity index (χ1v) is 9.45. The van der Waals surface area contributed by atoms with Gasteiger partial charge in [0.15, 0.2) is 0 Å². The second-order valence-electron chi connectivity index (χ2n) is 6.17. The van der Waals surface area contributed by atoms with Gasteiger partial charge in [0.1, 0.15) is 5.01 Å². The molecular formula is C18H22N4O2S. The number of carbonyl (C=O) groups is 2. The van der Waals surface area contributed by atoms with E-state index in [-0.39, 0.29) is 24.2 Å². The first-order valence-electron chi connectivity index (χ1n) is 8.63. The van der Waals surface area contributed by atoms with Crippen molar-refractivity contribution in [2.24, 2.45) is 5.92 Å². The third-order valence-corrected chi connectivity index (χ3v) is 5.21. The highest BCUT2D eigenvalue weighted by atomic mass is 32.1. The summed E-state index contributed by atoms with van der Waals surface area (Å²) in [6.45, 7) is 4.57. The van der Waals surface area contributed by atoms with Crippen LogP contribution in [0.2, 0.25) is 0 Å². The number of aromatic nitrogens is 2. The zero-order valence-electron chi connectivity index (χ0n) is 14.5. The molecule has 1 aromatic heterocycles. The smallest absolute Gasteiger partial charge is 0.231 e. The Kier molecular flexibility index (Phi) is 5.43. The van der Waals surface area contributed by atoms with Crippen LogP contribution < -0.4 is 10.2 Å². The molecule has 1 fully saturated rings. The summed E-state index contributed by atoms with van der Waals surface area (Å²) in [5.74, 6) is -0.551. The highest BCUT2D eigenvalue weighted by molar-refractivity contribution is 7.15. The molecular weight excluding hydrogens is 336 g/mol. The number of hydrogen-bond acceptors (Lipinski definition) is 5. The van der Waals surface area contributed by atoms with Crippen molar-refractivity contribution < 1.29 is 9.59 Å². The minimum Gasteiger partial charge on any atom is -0.312 e. The highest BCUT2D eigenvalue weighted by Crippen LogP contribution is 2.27. The van der Waals surface area contributed by atoms with Crippen LogP contribution in [0.15, 0.2) is 24.3 Å². The van der Waals surface area contributed by atoms with Crippen molar-refractivity contribution in [2.45, 2.75) is 39.5 Å². The number of nitrogens with one attached hydrogen (secondary N) is 1. The molecule has 132 valence electrons.